The molecular formula is C26H33N3O2. The summed E-state index contributed by atoms with van der Waals surface area (Å²) >= 11 is 0. The molecule has 164 valence electrons. The lowest BCUT2D eigenvalue weighted by molar-refractivity contribution is -0.126. The molecule has 1 saturated heterocycles. The van der Waals surface area contributed by atoms with Crippen LogP contribution in [0, 0.1) is 17.2 Å². The van der Waals surface area contributed by atoms with Crippen LogP contribution in [0.2, 0.25) is 0 Å². The summed E-state index contributed by atoms with van der Waals surface area (Å²) in [5.41, 5.74) is 2.18. The van der Waals surface area contributed by atoms with Crippen molar-refractivity contribution in [2.24, 2.45) is 5.92 Å². The third-order valence-corrected chi connectivity index (χ3v) is 5.92. The van der Waals surface area contributed by atoms with Gasteiger partial charge in [0.25, 0.3) is 0 Å². The van der Waals surface area contributed by atoms with Crippen LogP contribution in [0.15, 0.2) is 48.5 Å². The number of benzene rings is 2. The maximum atomic E-state index is 13.1. The van der Waals surface area contributed by atoms with Gasteiger partial charge in [0.2, 0.25) is 5.91 Å². The van der Waals surface area contributed by atoms with E-state index in [4.69, 9.17) is 10.00 Å². The highest BCUT2D eigenvalue weighted by Gasteiger charge is 2.32. The topological polar surface area (TPSA) is 65.4 Å². The highest BCUT2D eigenvalue weighted by Crippen LogP contribution is 2.27. The number of carbonyl (C=O) groups excluding carboxylic acids is 1. The highest BCUT2D eigenvalue weighted by atomic mass is 16.5. The van der Waals surface area contributed by atoms with Crippen LogP contribution in [0.1, 0.15) is 51.7 Å². The van der Waals surface area contributed by atoms with E-state index in [1.807, 2.05) is 62.4 Å². The average Bonchev–Trinajstić information content (AvgIpc) is 2.78. The number of anilines is 1. The first-order valence-corrected chi connectivity index (χ1v) is 11.1. The van der Waals surface area contributed by atoms with Crippen LogP contribution in [0.5, 0.6) is 5.75 Å². The van der Waals surface area contributed by atoms with Crippen molar-refractivity contribution in [3.8, 4) is 11.8 Å². The van der Waals surface area contributed by atoms with Crippen molar-refractivity contribution in [3.63, 3.8) is 0 Å². The Bertz CT molecular complexity index is 903. The molecule has 1 heterocycles. The second-order valence-corrected chi connectivity index (χ2v) is 9.25. The van der Waals surface area contributed by atoms with Crippen LogP contribution in [-0.2, 0) is 10.2 Å². The zero-order chi connectivity index (χ0) is 22.4. The van der Waals surface area contributed by atoms with E-state index in [2.05, 4.69) is 30.1 Å². The second-order valence-electron chi connectivity index (χ2n) is 9.25. The molecule has 5 heteroatoms. The van der Waals surface area contributed by atoms with Crippen molar-refractivity contribution < 1.29 is 9.53 Å². The molecule has 1 aliphatic rings. The smallest absolute Gasteiger partial charge is 0.230 e. The average molecular weight is 420 g/mol. The van der Waals surface area contributed by atoms with Crippen molar-refractivity contribution >= 4 is 11.6 Å². The largest absolute Gasteiger partial charge is 0.493 e. The molecule has 1 N–H and O–H groups in total. The minimum Gasteiger partial charge on any atom is -0.493 e. The number of carbonyl (C=O) groups is 1. The molecule has 2 aromatic carbocycles. The lowest BCUT2D eigenvalue weighted by atomic mass is 9.83. The third kappa shape index (κ3) is 5.79. The van der Waals surface area contributed by atoms with Gasteiger partial charge in [-0.15, -0.1) is 0 Å². The number of hydrogen-bond donors (Lipinski definition) is 1. The van der Waals surface area contributed by atoms with E-state index in [1.54, 1.807) is 0 Å². The Balaban J connectivity index is 1.54. The molecule has 31 heavy (non-hydrogen) atoms. The first kappa shape index (κ1) is 22.7. The van der Waals surface area contributed by atoms with Gasteiger partial charge < -0.3 is 15.0 Å². The summed E-state index contributed by atoms with van der Waals surface area (Å²) in [5, 5.41) is 12.2. The molecular weight excluding hydrogens is 386 g/mol. The lowest BCUT2D eigenvalue weighted by Gasteiger charge is -2.35. The molecule has 0 atom stereocenters. The van der Waals surface area contributed by atoms with Gasteiger partial charge in [-0.05, 0) is 74.6 Å². The van der Waals surface area contributed by atoms with Crippen LogP contribution < -0.4 is 15.0 Å². The molecule has 3 rings (SSSR count). The number of nitrogens with zero attached hydrogens (tertiary/aromatic N) is 2. The molecule has 0 saturated carbocycles. The van der Waals surface area contributed by atoms with Crippen LogP contribution in [0.4, 0.5) is 5.69 Å². The van der Waals surface area contributed by atoms with Crippen molar-refractivity contribution in [1.82, 2.24) is 5.32 Å². The van der Waals surface area contributed by atoms with Gasteiger partial charge in [-0.25, -0.2) is 0 Å². The molecule has 5 nitrogen and oxygen atoms in total. The second kappa shape index (κ2) is 9.87. The molecule has 0 aromatic heterocycles. The summed E-state index contributed by atoms with van der Waals surface area (Å²) < 4.78 is 5.76. The van der Waals surface area contributed by atoms with Crippen LogP contribution in [-0.4, -0.2) is 31.6 Å². The molecule has 0 bridgehead atoms. The molecule has 0 aliphatic carbocycles. The predicted octanol–water partition coefficient (Wildman–Crippen LogP) is 4.66. The molecule has 1 fully saturated rings. The Morgan fingerprint density at radius 1 is 1.13 bits per heavy atom. The van der Waals surface area contributed by atoms with Gasteiger partial charge in [0, 0.05) is 24.8 Å². The van der Waals surface area contributed by atoms with Gasteiger partial charge in [-0.2, -0.15) is 5.26 Å². The molecule has 0 unspecified atom stereocenters. The van der Waals surface area contributed by atoms with Crippen molar-refractivity contribution in [2.45, 2.75) is 52.0 Å². The van der Waals surface area contributed by atoms with Crippen LogP contribution in [0.25, 0.3) is 0 Å². The van der Waals surface area contributed by atoms with Crippen LogP contribution >= 0.6 is 0 Å². The number of nitrogens with one attached hydrogen (secondary N) is 1. The van der Waals surface area contributed by atoms with Gasteiger partial charge in [0.1, 0.15) is 5.75 Å². The summed E-state index contributed by atoms with van der Waals surface area (Å²) in [6.45, 7) is 10.6. The number of hydrogen-bond acceptors (Lipinski definition) is 4. The number of ether oxygens (including phenoxy) is 1. The molecule has 1 aliphatic heterocycles. The number of piperidine rings is 1. The van der Waals surface area contributed by atoms with E-state index in [-0.39, 0.29) is 11.9 Å². The van der Waals surface area contributed by atoms with E-state index in [9.17, 15) is 4.79 Å². The van der Waals surface area contributed by atoms with Crippen molar-refractivity contribution in [3.05, 3.63) is 59.7 Å². The number of nitriles is 1. The standard InChI is InChI=1S/C26H33N3O2/c1-19(2)18-31-24-11-7-21(8-12-24)26(3,4)25(30)28-22-13-15-29(16-14-22)23-9-5-20(17-27)6-10-23/h5-12,19,22H,13-16,18H2,1-4H3,(H,28,30). The maximum Gasteiger partial charge on any atom is 0.230 e. The summed E-state index contributed by atoms with van der Waals surface area (Å²) in [4.78, 5) is 15.4. The van der Waals surface area contributed by atoms with Gasteiger partial charge >= 0.3 is 0 Å². The Hall–Kier alpha value is -3.00. The number of amides is 1. The third-order valence-electron chi connectivity index (χ3n) is 5.92. The van der Waals surface area contributed by atoms with E-state index in [0.29, 0.717) is 18.1 Å². The first-order chi connectivity index (χ1) is 14.8. The van der Waals surface area contributed by atoms with Crippen molar-refractivity contribution in [2.75, 3.05) is 24.6 Å². The van der Waals surface area contributed by atoms with E-state index in [1.165, 1.54) is 0 Å². The monoisotopic (exact) mass is 419 g/mol. The predicted molar refractivity (Wildman–Crippen MR) is 124 cm³/mol. The van der Waals surface area contributed by atoms with E-state index >= 15 is 0 Å². The maximum absolute atomic E-state index is 13.1. The fraction of sp³-hybridized carbons (Fsp3) is 0.462. The Morgan fingerprint density at radius 3 is 2.29 bits per heavy atom. The first-order valence-electron chi connectivity index (χ1n) is 11.1. The molecule has 2 aromatic rings. The summed E-state index contributed by atoms with van der Waals surface area (Å²) in [6.07, 6.45) is 1.81. The Morgan fingerprint density at radius 2 is 1.74 bits per heavy atom. The SMILES string of the molecule is CC(C)COc1ccc(C(C)(C)C(=O)NC2CCN(c3ccc(C#N)cc3)CC2)cc1. The summed E-state index contributed by atoms with van der Waals surface area (Å²) in [6, 6.07) is 17.9. The number of rotatable bonds is 7. The highest BCUT2D eigenvalue weighted by molar-refractivity contribution is 5.87. The van der Waals surface area contributed by atoms with E-state index in [0.717, 1.165) is 42.9 Å². The Kier molecular flexibility index (Phi) is 7.22. The van der Waals surface area contributed by atoms with Gasteiger partial charge in [0.05, 0.1) is 23.7 Å². The van der Waals surface area contributed by atoms with Crippen LogP contribution in [0.3, 0.4) is 0 Å². The zero-order valence-corrected chi connectivity index (χ0v) is 19.0. The lowest BCUT2D eigenvalue weighted by Crippen LogP contribution is -2.49. The van der Waals surface area contributed by atoms with Gasteiger partial charge in [-0.1, -0.05) is 26.0 Å². The minimum absolute atomic E-state index is 0.0557. The fourth-order valence-corrected chi connectivity index (χ4v) is 3.76. The Labute approximate surface area is 186 Å². The molecule has 1 amide bonds. The molecule has 0 radical (unpaired) electrons. The fourth-order valence-electron chi connectivity index (χ4n) is 3.76. The summed E-state index contributed by atoms with van der Waals surface area (Å²) in [5.74, 6) is 1.37. The van der Waals surface area contributed by atoms with Gasteiger partial charge in [-0.3, -0.25) is 4.79 Å². The van der Waals surface area contributed by atoms with Crippen molar-refractivity contribution in [1.29, 1.82) is 5.26 Å². The van der Waals surface area contributed by atoms with E-state index < -0.39 is 5.41 Å². The summed E-state index contributed by atoms with van der Waals surface area (Å²) in [7, 11) is 0. The quantitative estimate of drug-likeness (QED) is 0.709. The molecule has 0 spiro atoms. The normalized spacial score (nSPS) is 14.9. The minimum atomic E-state index is -0.610. The zero-order valence-electron chi connectivity index (χ0n) is 19.0. The van der Waals surface area contributed by atoms with Gasteiger partial charge in [0.15, 0.2) is 0 Å².